The molecule has 0 aliphatic heterocycles. The summed E-state index contributed by atoms with van der Waals surface area (Å²) in [6.07, 6.45) is 0. The molecule has 0 fully saturated rings. The van der Waals surface area contributed by atoms with Crippen LogP contribution in [-0.2, 0) is 4.79 Å². The van der Waals surface area contributed by atoms with Gasteiger partial charge in [-0.3, -0.25) is 9.59 Å². The molecular weight excluding hydrogens is 420 g/mol. The summed E-state index contributed by atoms with van der Waals surface area (Å²) in [4.78, 5) is 24.8. The summed E-state index contributed by atoms with van der Waals surface area (Å²) in [5.74, 6) is -0.277. The van der Waals surface area contributed by atoms with Crippen molar-refractivity contribution in [1.82, 2.24) is 0 Å². The summed E-state index contributed by atoms with van der Waals surface area (Å²) < 4.78 is 6.40. The zero-order chi connectivity index (χ0) is 19.9. The van der Waals surface area contributed by atoms with Crippen LogP contribution in [0.1, 0.15) is 15.9 Å². The smallest absolute Gasteiger partial charge is 0.262 e. The number of amides is 2. The van der Waals surface area contributed by atoms with Crippen molar-refractivity contribution in [3.63, 3.8) is 0 Å². The number of anilines is 2. The minimum atomic E-state index is -0.317. The van der Waals surface area contributed by atoms with E-state index in [1.165, 1.54) is 0 Å². The minimum absolute atomic E-state index is 0.212. The van der Waals surface area contributed by atoms with Crippen molar-refractivity contribution in [3.05, 3.63) is 88.4 Å². The molecule has 0 atom stereocenters. The lowest BCUT2D eigenvalue weighted by Crippen LogP contribution is -2.21. The predicted molar refractivity (Wildman–Crippen MR) is 114 cm³/mol. The highest BCUT2D eigenvalue weighted by Crippen LogP contribution is 2.24. The summed E-state index contributed by atoms with van der Waals surface area (Å²) >= 11 is 3.43. The molecule has 0 aliphatic carbocycles. The highest BCUT2D eigenvalue weighted by molar-refractivity contribution is 9.10. The number of hydrogen-bond donors (Lipinski definition) is 2. The average molecular weight is 439 g/mol. The van der Waals surface area contributed by atoms with Gasteiger partial charge in [0, 0.05) is 10.2 Å². The van der Waals surface area contributed by atoms with Crippen LogP contribution in [0.2, 0.25) is 0 Å². The molecule has 0 unspecified atom stereocenters. The monoisotopic (exact) mass is 438 g/mol. The van der Waals surface area contributed by atoms with Crippen molar-refractivity contribution in [2.24, 2.45) is 0 Å². The van der Waals surface area contributed by atoms with Crippen molar-refractivity contribution >= 4 is 39.1 Å². The second-order valence-corrected chi connectivity index (χ2v) is 6.99. The Balaban J connectivity index is 1.64. The van der Waals surface area contributed by atoms with Gasteiger partial charge in [-0.25, -0.2) is 0 Å². The second kappa shape index (κ2) is 9.19. The fraction of sp³-hybridized carbons (Fsp3) is 0.0909. The molecule has 2 N–H and O–H groups in total. The van der Waals surface area contributed by atoms with Gasteiger partial charge in [-0.2, -0.15) is 0 Å². The van der Waals surface area contributed by atoms with Crippen LogP contribution < -0.4 is 15.4 Å². The van der Waals surface area contributed by atoms with Gasteiger partial charge in [0.2, 0.25) is 0 Å². The number of aryl methyl sites for hydroxylation is 1. The Morgan fingerprint density at radius 2 is 1.64 bits per heavy atom. The van der Waals surface area contributed by atoms with Crippen molar-refractivity contribution in [2.75, 3.05) is 17.2 Å². The number of nitrogens with one attached hydrogen (secondary N) is 2. The molecule has 142 valence electrons. The predicted octanol–water partition coefficient (Wildman–Crippen LogP) is 5.03. The van der Waals surface area contributed by atoms with E-state index in [-0.39, 0.29) is 18.4 Å². The van der Waals surface area contributed by atoms with Crippen LogP contribution in [0.3, 0.4) is 0 Å². The number of hydrogen-bond acceptors (Lipinski definition) is 3. The molecule has 0 spiro atoms. The summed E-state index contributed by atoms with van der Waals surface area (Å²) in [5, 5.41) is 5.60. The zero-order valence-electron chi connectivity index (χ0n) is 15.2. The highest BCUT2D eigenvalue weighted by atomic mass is 79.9. The highest BCUT2D eigenvalue weighted by Gasteiger charge is 2.14. The first-order valence-electron chi connectivity index (χ1n) is 8.67. The molecule has 0 bridgehead atoms. The quantitative estimate of drug-likeness (QED) is 0.567. The molecule has 0 saturated heterocycles. The van der Waals surface area contributed by atoms with Crippen molar-refractivity contribution in [3.8, 4) is 5.75 Å². The van der Waals surface area contributed by atoms with Gasteiger partial charge in [-0.1, -0.05) is 36.4 Å². The maximum Gasteiger partial charge on any atom is 0.262 e. The lowest BCUT2D eigenvalue weighted by atomic mass is 10.2. The number of rotatable bonds is 6. The molecule has 0 heterocycles. The Bertz CT molecular complexity index is 990. The standard InChI is InChI=1S/C22H19BrN2O3/c1-15-11-12-19(18(23)13-15)25-21(26)14-28-20-10-6-5-9-17(20)22(27)24-16-7-3-2-4-8-16/h2-13H,14H2,1H3,(H,24,27)(H,25,26). The molecule has 0 radical (unpaired) electrons. The molecule has 3 aromatic rings. The topological polar surface area (TPSA) is 67.4 Å². The molecule has 0 aliphatic rings. The normalized spacial score (nSPS) is 10.2. The third-order valence-corrected chi connectivity index (χ3v) is 4.58. The minimum Gasteiger partial charge on any atom is -0.483 e. The molecule has 28 heavy (non-hydrogen) atoms. The van der Waals surface area contributed by atoms with Gasteiger partial charge in [0.05, 0.1) is 11.3 Å². The Kier molecular flexibility index (Phi) is 6.45. The lowest BCUT2D eigenvalue weighted by molar-refractivity contribution is -0.118. The van der Waals surface area contributed by atoms with Gasteiger partial charge in [0.1, 0.15) is 5.75 Å². The SMILES string of the molecule is Cc1ccc(NC(=O)COc2ccccc2C(=O)Nc2ccccc2)c(Br)c1. The number of carbonyl (C=O) groups excluding carboxylic acids is 2. The molecule has 3 aromatic carbocycles. The lowest BCUT2D eigenvalue weighted by Gasteiger charge is -2.12. The van der Waals surface area contributed by atoms with E-state index in [2.05, 4.69) is 26.6 Å². The van der Waals surface area contributed by atoms with E-state index in [0.29, 0.717) is 22.7 Å². The van der Waals surface area contributed by atoms with Gasteiger partial charge in [0.25, 0.3) is 11.8 Å². The van der Waals surface area contributed by atoms with Gasteiger partial charge in [0.15, 0.2) is 6.61 Å². The van der Waals surface area contributed by atoms with E-state index < -0.39 is 0 Å². The van der Waals surface area contributed by atoms with E-state index in [0.717, 1.165) is 10.0 Å². The maximum absolute atomic E-state index is 12.5. The number of halogens is 1. The fourth-order valence-corrected chi connectivity index (χ4v) is 3.14. The largest absolute Gasteiger partial charge is 0.483 e. The fourth-order valence-electron chi connectivity index (χ4n) is 2.55. The number of carbonyl (C=O) groups is 2. The van der Waals surface area contributed by atoms with Crippen LogP contribution in [0.25, 0.3) is 0 Å². The van der Waals surface area contributed by atoms with E-state index >= 15 is 0 Å². The molecule has 3 rings (SSSR count). The first-order chi connectivity index (χ1) is 13.5. The molecule has 0 saturated carbocycles. The first-order valence-corrected chi connectivity index (χ1v) is 9.46. The molecule has 2 amide bonds. The average Bonchev–Trinajstić information content (AvgIpc) is 2.69. The van der Waals surface area contributed by atoms with Gasteiger partial charge in [-0.05, 0) is 64.8 Å². The first kappa shape index (κ1) is 19.6. The Hall–Kier alpha value is -3.12. The summed E-state index contributed by atoms with van der Waals surface area (Å²) in [5.41, 5.74) is 2.79. The maximum atomic E-state index is 12.5. The van der Waals surface area contributed by atoms with Crippen LogP contribution in [0.5, 0.6) is 5.75 Å². The molecular formula is C22H19BrN2O3. The third kappa shape index (κ3) is 5.20. The summed E-state index contributed by atoms with van der Waals surface area (Å²) in [6.45, 7) is 1.76. The third-order valence-electron chi connectivity index (χ3n) is 3.92. The Morgan fingerprint density at radius 1 is 0.929 bits per heavy atom. The van der Waals surface area contributed by atoms with Crippen LogP contribution >= 0.6 is 15.9 Å². The van der Waals surface area contributed by atoms with Gasteiger partial charge in [-0.15, -0.1) is 0 Å². The molecule has 6 heteroatoms. The van der Waals surface area contributed by atoms with Gasteiger partial charge >= 0.3 is 0 Å². The van der Waals surface area contributed by atoms with Crippen LogP contribution in [-0.4, -0.2) is 18.4 Å². The van der Waals surface area contributed by atoms with Crippen molar-refractivity contribution in [1.29, 1.82) is 0 Å². The molecule has 0 aromatic heterocycles. The zero-order valence-corrected chi connectivity index (χ0v) is 16.8. The van der Waals surface area contributed by atoms with Crippen molar-refractivity contribution in [2.45, 2.75) is 6.92 Å². The van der Waals surface area contributed by atoms with E-state index in [9.17, 15) is 9.59 Å². The number of benzene rings is 3. The van der Waals surface area contributed by atoms with E-state index in [1.807, 2.05) is 43.3 Å². The second-order valence-electron chi connectivity index (χ2n) is 6.14. The Morgan fingerprint density at radius 3 is 2.39 bits per heavy atom. The van der Waals surface area contributed by atoms with E-state index in [1.54, 1.807) is 36.4 Å². The number of ether oxygens (including phenoxy) is 1. The van der Waals surface area contributed by atoms with Gasteiger partial charge < -0.3 is 15.4 Å². The van der Waals surface area contributed by atoms with Crippen LogP contribution in [0.4, 0.5) is 11.4 Å². The molecule has 5 nitrogen and oxygen atoms in total. The van der Waals surface area contributed by atoms with E-state index in [4.69, 9.17) is 4.74 Å². The van der Waals surface area contributed by atoms with Crippen LogP contribution in [0, 0.1) is 6.92 Å². The summed E-state index contributed by atoms with van der Waals surface area (Å²) in [7, 11) is 0. The number of para-hydroxylation sites is 2. The Labute approximate surface area is 171 Å². The van der Waals surface area contributed by atoms with Crippen molar-refractivity contribution < 1.29 is 14.3 Å². The summed E-state index contributed by atoms with van der Waals surface area (Å²) in [6, 6.07) is 21.6. The van der Waals surface area contributed by atoms with Crippen LogP contribution in [0.15, 0.2) is 77.3 Å².